The van der Waals surface area contributed by atoms with Crippen LogP contribution in [0, 0.1) is 0 Å². The monoisotopic (exact) mass is 297 g/mol. The highest BCUT2D eigenvalue weighted by Crippen LogP contribution is 2.26. The van der Waals surface area contributed by atoms with Crippen LogP contribution in [0.5, 0.6) is 5.75 Å². The van der Waals surface area contributed by atoms with Crippen molar-refractivity contribution in [1.82, 2.24) is 5.32 Å². The van der Waals surface area contributed by atoms with Crippen molar-refractivity contribution < 1.29 is 9.84 Å². The van der Waals surface area contributed by atoms with Gasteiger partial charge in [0.1, 0.15) is 5.75 Å². The van der Waals surface area contributed by atoms with Gasteiger partial charge in [0.05, 0.1) is 13.2 Å². The van der Waals surface area contributed by atoms with Gasteiger partial charge in [-0.15, -0.1) is 0 Å². The smallest absolute Gasteiger partial charge is 0.122 e. The second kappa shape index (κ2) is 6.95. The van der Waals surface area contributed by atoms with Crippen molar-refractivity contribution in [3.8, 4) is 5.75 Å². The molecule has 1 aliphatic rings. The average molecular weight is 297 g/mol. The van der Waals surface area contributed by atoms with E-state index in [4.69, 9.17) is 4.74 Å². The van der Waals surface area contributed by atoms with Crippen LogP contribution in [0.15, 0.2) is 42.5 Å². The summed E-state index contributed by atoms with van der Waals surface area (Å²) >= 11 is 0. The molecule has 2 aromatic carbocycles. The Morgan fingerprint density at radius 1 is 1.18 bits per heavy atom. The fraction of sp³-hybridized carbons (Fsp3) is 0.368. The predicted molar refractivity (Wildman–Crippen MR) is 88.1 cm³/mol. The van der Waals surface area contributed by atoms with Gasteiger partial charge in [0.25, 0.3) is 0 Å². The minimum absolute atomic E-state index is 0.0950. The summed E-state index contributed by atoms with van der Waals surface area (Å²) in [5, 5.41) is 12.8. The number of hydrogen-bond donors (Lipinski definition) is 2. The van der Waals surface area contributed by atoms with Gasteiger partial charge < -0.3 is 15.2 Å². The van der Waals surface area contributed by atoms with E-state index in [2.05, 4.69) is 42.6 Å². The Kier molecular flexibility index (Phi) is 4.76. The minimum atomic E-state index is 0.0950. The molecule has 3 nitrogen and oxygen atoms in total. The van der Waals surface area contributed by atoms with Crippen molar-refractivity contribution in [1.29, 1.82) is 0 Å². The SMILES string of the molecule is CC(NCCc1ccc2c(c1)CCO2)c1cccc(CO)c1. The predicted octanol–water partition coefficient (Wildman–Crippen LogP) is 3.01. The molecule has 1 aliphatic heterocycles. The third-order valence-electron chi connectivity index (χ3n) is 4.25. The fourth-order valence-corrected chi connectivity index (χ4v) is 2.91. The standard InChI is InChI=1S/C19H23NO2/c1-14(17-4-2-3-16(12-17)13-21)20-9-7-15-5-6-19-18(11-15)8-10-22-19/h2-6,11-12,14,20-21H,7-10,13H2,1H3. The first-order valence-electron chi connectivity index (χ1n) is 7.94. The van der Waals surface area contributed by atoms with Gasteiger partial charge in [-0.1, -0.05) is 36.4 Å². The quantitative estimate of drug-likeness (QED) is 0.861. The molecule has 0 amide bonds. The molecule has 0 radical (unpaired) electrons. The minimum Gasteiger partial charge on any atom is -0.493 e. The Morgan fingerprint density at radius 2 is 2.09 bits per heavy atom. The number of ether oxygens (including phenoxy) is 1. The van der Waals surface area contributed by atoms with Gasteiger partial charge in [-0.05, 0) is 48.2 Å². The lowest BCUT2D eigenvalue weighted by molar-refractivity contribution is 0.281. The van der Waals surface area contributed by atoms with Crippen LogP contribution in [0.1, 0.15) is 35.2 Å². The van der Waals surface area contributed by atoms with Crippen LogP contribution < -0.4 is 10.1 Å². The van der Waals surface area contributed by atoms with Crippen LogP contribution in [0.25, 0.3) is 0 Å². The lowest BCUT2D eigenvalue weighted by Gasteiger charge is -2.15. The van der Waals surface area contributed by atoms with Crippen molar-refractivity contribution in [2.24, 2.45) is 0 Å². The molecule has 1 unspecified atom stereocenters. The van der Waals surface area contributed by atoms with Crippen molar-refractivity contribution in [2.45, 2.75) is 32.4 Å². The molecule has 0 saturated carbocycles. The molecule has 3 rings (SSSR count). The fourth-order valence-electron chi connectivity index (χ4n) is 2.91. The molecule has 22 heavy (non-hydrogen) atoms. The second-order valence-corrected chi connectivity index (χ2v) is 5.87. The van der Waals surface area contributed by atoms with Crippen molar-refractivity contribution in [2.75, 3.05) is 13.2 Å². The summed E-state index contributed by atoms with van der Waals surface area (Å²) in [5.74, 6) is 1.05. The van der Waals surface area contributed by atoms with E-state index in [0.29, 0.717) is 0 Å². The summed E-state index contributed by atoms with van der Waals surface area (Å²) in [5.41, 5.74) is 4.87. The van der Waals surface area contributed by atoms with Gasteiger partial charge in [0.15, 0.2) is 0 Å². The van der Waals surface area contributed by atoms with E-state index in [0.717, 1.165) is 37.3 Å². The summed E-state index contributed by atoms with van der Waals surface area (Å²) in [6.45, 7) is 4.00. The molecule has 0 aliphatic carbocycles. The largest absolute Gasteiger partial charge is 0.493 e. The van der Waals surface area contributed by atoms with Crippen molar-refractivity contribution in [3.05, 3.63) is 64.7 Å². The summed E-state index contributed by atoms with van der Waals surface area (Å²) in [6, 6.07) is 14.9. The van der Waals surface area contributed by atoms with Crippen molar-refractivity contribution in [3.63, 3.8) is 0 Å². The third-order valence-corrected chi connectivity index (χ3v) is 4.25. The molecular formula is C19H23NO2. The Hall–Kier alpha value is -1.84. The summed E-state index contributed by atoms with van der Waals surface area (Å²) in [4.78, 5) is 0. The molecule has 0 bridgehead atoms. The van der Waals surface area contributed by atoms with E-state index in [-0.39, 0.29) is 12.6 Å². The van der Waals surface area contributed by atoms with E-state index >= 15 is 0 Å². The van der Waals surface area contributed by atoms with E-state index in [9.17, 15) is 5.11 Å². The Bertz CT molecular complexity index is 639. The van der Waals surface area contributed by atoms with Gasteiger partial charge in [0, 0.05) is 12.5 Å². The van der Waals surface area contributed by atoms with Gasteiger partial charge in [0.2, 0.25) is 0 Å². The first kappa shape index (κ1) is 15.1. The number of hydrogen-bond acceptors (Lipinski definition) is 3. The van der Waals surface area contributed by atoms with E-state index in [1.54, 1.807) is 0 Å². The number of nitrogens with one attached hydrogen (secondary N) is 1. The zero-order valence-corrected chi connectivity index (χ0v) is 13.0. The maximum Gasteiger partial charge on any atom is 0.122 e. The molecule has 3 heteroatoms. The molecule has 0 aromatic heterocycles. The zero-order valence-electron chi connectivity index (χ0n) is 13.0. The van der Waals surface area contributed by atoms with Crippen LogP contribution in [0.2, 0.25) is 0 Å². The van der Waals surface area contributed by atoms with Crippen LogP contribution >= 0.6 is 0 Å². The van der Waals surface area contributed by atoms with E-state index < -0.39 is 0 Å². The maximum atomic E-state index is 9.21. The number of aliphatic hydroxyl groups excluding tert-OH is 1. The van der Waals surface area contributed by atoms with Gasteiger partial charge in [-0.2, -0.15) is 0 Å². The molecule has 1 heterocycles. The van der Waals surface area contributed by atoms with Gasteiger partial charge >= 0.3 is 0 Å². The van der Waals surface area contributed by atoms with E-state index in [1.165, 1.54) is 16.7 Å². The lowest BCUT2D eigenvalue weighted by Crippen LogP contribution is -2.21. The second-order valence-electron chi connectivity index (χ2n) is 5.87. The number of benzene rings is 2. The van der Waals surface area contributed by atoms with Crippen molar-refractivity contribution >= 4 is 0 Å². The van der Waals surface area contributed by atoms with E-state index in [1.807, 2.05) is 12.1 Å². The van der Waals surface area contributed by atoms with Crippen LogP contribution in [0.3, 0.4) is 0 Å². The first-order chi connectivity index (χ1) is 10.8. The topological polar surface area (TPSA) is 41.5 Å². The Morgan fingerprint density at radius 3 is 2.95 bits per heavy atom. The van der Waals surface area contributed by atoms with Gasteiger partial charge in [-0.25, -0.2) is 0 Å². The molecule has 2 aromatic rings. The molecule has 0 fully saturated rings. The number of aliphatic hydroxyl groups is 1. The van der Waals surface area contributed by atoms with Crippen LogP contribution in [-0.2, 0) is 19.4 Å². The third kappa shape index (κ3) is 3.49. The molecule has 0 spiro atoms. The molecular weight excluding hydrogens is 274 g/mol. The van der Waals surface area contributed by atoms with Gasteiger partial charge in [-0.3, -0.25) is 0 Å². The molecule has 0 saturated heterocycles. The molecule has 1 atom stereocenters. The normalized spacial score (nSPS) is 14.5. The molecule has 116 valence electrons. The van der Waals surface area contributed by atoms with Crippen LogP contribution in [-0.4, -0.2) is 18.3 Å². The number of fused-ring (bicyclic) bond motifs is 1. The maximum absolute atomic E-state index is 9.21. The summed E-state index contributed by atoms with van der Waals surface area (Å²) < 4.78 is 5.54. The Balaban J connectivity index is 1.54. The average Bonchev–Trinajstić information content (AvgIpc) is 3.02. The first-order valence-corrected chi connectivity index (χ1v) is 7.94. The number of rotatable bonds is 6. The highest BCUT2D eigenvalue weighted by Gasteiger charge is 2.12. The van der Waals surface area contributed by atoms with Crippen LogP contribution in [0.4, 0.5) is 0 Å². The molecule has 2 N–H and O–H groups in total. The summed E-state index contributed by atoms with van der Waals surface area (Å²) in [6.07, 6.45) is 2.04. The zero-order chi connectivity index (χ0) is 15.4. The summed E-state index contributed by atoms with van der Waals surface area (Å²) in [7, 11) is 0. The highest BCUT2D eigenvalue weighted by atomic mass is 16.5. The highest BCUT2D eigenvalue weighted by molar-refractivity contribution is 5.39. The Labute approximate surface area is 131 Å². The lowest BCUT2D eigenvalue weighted by atomic mass is 10.0.